The van der Waals surface area contributed by atoms with Crippen molar-refractivity contribution in [1.82, 2.24) is 9.62 Å². The van der Waals surface area contributed by atoms with Gasteiger partial charge in [0.25, 0.3) is 5.91 Å². The molecule has 1 amide bonds. The molecule has 0 unspecified atom stereocenters. The number of carbonyl (C=O) groups is 1. The third-order valence-electron chi connectivity index (χ3n) is 6.66. The molecule has 1 aromatic carbocycles. The predicted molar refractivity (Wildman–Crippen MR) is 124 cm³/mol. The van der Waals surface area contributed by atoms with Crippen molar-refractivity contribution >= 4 is 27.5 Å². The van der Waals surface area contributed by atoms with Crippen molar-refractivity contribution in [2.75, 3.05) is 19.4 Å². The number of carbonyl (C=O) groups excluding carboxylic acids is 1. The van der Waals surface area contributed by atoms with Crippen LogP contribution in [0.25, 0.3) is 0 Å². The van der Waals surface area contributed by atoms with Gasteiger partial charge in [0, 0.05) is 23.2 Å². The number of benzene rings is 1. The van der Waals surface area contributed by atoms with Crippen LogP contribution in [0.3, 0.4) is 0 Å². The number of amides is 1. The van der Waals surface area contributed by atoms with E-state index in [0.29, 0.717) is 36.1 Å². The highest BCUT2D eigenvalue weighted by Crippen LogP contribution is 2.32. The number of halogens is 1. The summed E-state index contributed by atoms with van der Waals surface area (Å²) in [7, 11) is -3.40. The van der Waals surface area contributed by atoms with E-state index in [0.717, 1.165) is 44.3 Å². The van der Waals surface area contributed by atoms with E-state index in [1.165, 1.54) is 0 Å². The van der Waals surface area contributed by atoms with Crippen LogP contribution in [0.1, 0.15) is 62.7 Å². The van der Waals surface area contributed by atoms with Crippen LogP contribution in [-0.2, 0) is 14.8 Å². The zero-order chi connectivity index (χ0) is 22.6. The smallest absolute Gasteiger partial charge is 0.254 e. The highest BCUT2D eigenvalue weighted by molar-refractivity contribution is 7.88. The minimum atomic E-state index is -3.40. The van der Waals surface area contributed by atoms with E-state index < -0.39 is 10.0 Å². The molecule has 8 heteroatoms. The number of ether oxygens (including phenoxy) is 1. The van der Waals surface area contributed by atoms with Crippen LogP contribution in [0.15, 0.2) is 24.3 Å². The Labute approximate surface area is 191 Å². The van der Waals surface area contributed by atoms with Crippen molar-refractivity contribution in [2.45, 2.75) is 70.6 Å². The molecule has 2 fully saturated rings. The molecule has 2 atom stereocenters. The number of hydrogen-bond acceptors (Lipinski definition) is 4. The molecular weight excluding hydrogens is 436 g/mol. The zero-order valence-corrected chi connectivity index (χ0v) is 20.3. The summed E-state index contributed by atoms with van der Waals surface area (Å²) in [5, 5.41) is 0.573. The lowest BCUT2D eigenvalue weighted by Crippen LogP contribution is -2.59. The number of piperidine rings is 1. The fourth-order valence-electron chi connectivity index (χ4n) is 4.84. The molecule has 1 N–H and O–H groups in total. The summed E-state index contributed by atoms with van der Waals surface area (Å²) < 4.78 is 33.0. The lowest BCUT2D eigenvalue weighted by molar-refractivity contribution is -0.0282. The highest BCUT2D eigenvalue weighted by Gasteiger charge is 2.37. The van der Waals surface area contributed by atoms with Gasteiger partial charge in [0.05, 0.1) is 25.0 Å². The van der Waals surface area contributed by atoms with Crippen LogP contribution < -0.4 is 4.72 Å². The Morgan fingerprint density at radius 3 is 2.39 bits per heavy atom. The van der Waals surface area contributed by atoms with E-state index in [4.69, 9.17) is 16.3 Å². The summed E-state index contributed by atoms with van der Waals surface area (Å²) >= 11 is 5.97. The number of likely N-dealkylation sites (tertiary alicyclic amines) is 1. The van der Waals surface area contributed by atoms with Gasteiger partial charge in [-0.3, -0.25) is 4.79 Å². The minimum absolute atomic E-state index is 0.117. The molecule has 2 aliphatic rings. The van der Waals surface area contributed by atoms with Crippen molar-refractivity contribution in [1.29, 1.82) is 0 Å². The van der Waals surface area contributed by atoms with Gasteiger partial charge in [-0.05, 0) is 74.6 Å². The van der Waals surface area contributed by atoms with Gasteiger partial charge < -0.3 is 9.64 Å². The maximum Gasteiger partial charge on any atom is 0.254 e. The molecule has 1 aliphatic heterocycles. The topological polar surface area (TPSA) is 75.7 Å². The lowest BCUT2D eigenvalue weighted by atomic mass is 9.80. The molecule has 174 valence electrons. The van der Waals surface area contributed by atoms with Crippen molar-refractivity contribution in [3.05, 3.63) is 34.9 Å². The summed E-state index contributed by atoms with van der Waals surface area (Å²) in [5.74, 6) is 1.32. The maximum atomic E-state index is 13.3. The third-order valence-corrected chi connectivity index (χ3v) is 7.64. The average molecular weight is 471 g/mol. The second kappa shape index (κ2) is 10.6. The molecule has 0 spiro atoms. The van der Waals surface area contributed by atoms with E-state index in [-0.39, 0.29) is 24.1 Å². The molecule has 1 heterocycles. The Morgan fingerprint density at radius 2 is 1.81 bits per heavy atom. The largest absolute Gasteiger partial charge is 0.376 e. The molecule has 1 saturated heterocycles. The molecular formula is C23H35ClN2O4S. The Morgan fingerprint density at radius 1 is 1.16 bits per heavy atom. The molecule has 31 heavy (non-hydrogen) atoms. The Balaban J connectivity index is 1.72. The summed E-state index contributed by atoms with van der Waals surface area (Å²) in [6.45, 7) is 5.46. The predicted octanol–water partition coefficient (Wildman–Crippen LogP) is 4.09. The zero-order valence-electron chi connectivity index (χ0n) is 18.7. The normalized spacial score (nSPS) is 27.5. The molecule has 1 aliphatic carbocycles. The van der Waals surface area contributed by atoms with Gasteiger partial charge in [-0.15, -0.1) is 0 Å². The van der Waals surface area contributed by atoms with Crippen LogP contribution in [-0.4, -0.2) is 56.8 Å². The Bertz CT molecular complexity index is 836. The molecule has 0 aromatic heterocycles. The van der Waals surface area contributed by atoms with Crippen molar-refractivity contribution in [3.8, 4) is 0 Å². The minimum Gasteiger partial charge on any atom is -0.376 e. The first-order chi connectivity index (χ1) is 14.6. The standard InChI is InChI=1S/C23H35ClN2O4S/c1-16(2)17-8-12-20(13-9-17)30-15-22-21(25-31(3,28)29)5-4-14-26(22)23(27)18-6-10-19(24)11-7-18/h6-7,10-11,16-17,20-22,25H,4-5,8-9,12-15H2,1-3H3/t17?,20?,21-,22-/m0/s1. The second-order valence-corrected chi connectivity index (χ2v) is 11.5. The van der Waals surface area contributed by atoms with Crippen molar-refractivity contribution in [2.24, 2.45) is 11.8 Å². The molecule has 0 bridgehead atoms. The highest BCUT2D eigenvalue weighted by atomic mass is 35.5. The number of hydrogen-bond donors (Lipinski definition) is 1. The van der Waals surface area contributed by atoms with E-state index in [9.17, 15) is 13.2 Å². The van der Waals surface area contributed by atoms with Crippen molar-refractivity contribution < 1.29 is 17.9 Å². The summed E-state index contributed by atoms with van der Waals surface area (Å²) in [6, 6.07) is 6.13. The lowest BCUT2D eigenvalue weighted by Gasteiger charge is -2.42. The molecule has 1 saturated carbocycles. The van der Waals surface area contributed by atoms with Crippen LogP contribution in [0.4, 0.5) is 0 Å². The summed E-state index contributed by atoms with van der Waals surface area (Å²) in [5.41, 5.74) is 0.548. The Kier molecular flexibility index (Phi) is 8.41. The third kappa shape index (κ3) is 6.91. The monoisotopic (exact) mass is 470 g/mol. The van der Waals surface area contributed by atoms with Crippen LogP contribution in [0.5, 0.6) is 0 Å². The van der Waals surface area contributed by atoms with Crippen LogP contribution in [0.2, 0.25) is 5.02 Å². The fourth-order valence-corrected chi connectivity index (χ4v) is 5.79. The first-order valence-corrected chi connectivity index (χ1v) is 13.6. The molecule has 0 radical (unpaired) electrons. The summed E-state index contributed by atoms with van der Waals surface area (Å²) in [6.07, 6.45) is 7.11. The number of nitrogens with one attached hydrogen (secondary N) is 1. The molecule has 6 nitrogen and oxygen atoms in total. The van der Waals surface area contributed by atoms with Crippen LogP contribution >= 0.6 is 11.6 Å². The van der Waals surface area contributed by atoms with E-state index in [2.05, 4.69) is 18.6 Å². The number of nitrogens with zero attached hydrogens (tertiary/aromatic N) is 1. The Hall–Kier alpha value is -1.15. The van der Waals surface area contributed by atoms with E-state index in [1.807, 2.05) is 0 Å². The summed E-state index contributed by atoms with van der Waals surface area (Å²) in [4.78, 5) is 15.0. The fraction of sp³-hybridized carbons (Fsp3) is 0.696. The molecule has 1 aromatic rings. The van der Waals surface area contributed by atoms with E-state index in [1.54, 1.807) is 29.2 Å². The number of rotatable bonds is 7. The van der Waals surface area contributed by atoms with Gasteiger partial charge in [-0.1, -0.05) is 25.4 Å². The van der Waals surface area contributed by atoms with Gasteiger partial charge in [0.2, 0.25) is 10.0 Å². The van der Waals surface area contributed by atoms with Gasteiger partial charge in [0.15, 0.2) is 0 Å². The average Bonchev–Trinajstić information content (AvgIpc) is 2.72. The quantitative estimate of drug-likeness (QED) is 0.651. The van der Waals surface area contributed by atoms with Gasteiger partial charge >= 0.3 is 0 Å². The van der Waals surface area contributed by atoms with E-state index >= 15 is 0 Å². The molecule has 3 rings (SSSR count). The van der Waals surface area contributed by atoms with Crippen molar-refractivity contribution in [3.63, 3.8) is 0 Å². The first-order valence-electron chi connectivity index (χ1n) is 11.3. The maximum absolute atomic E-state index is 13.3. The van der Waals surface area contributed by atoms with Gasteiger partial charge in [-0.25, -0.2) is 13.1 Å². The first kappa shape index (κ1) is 24.5. The second-order valence-electron chi connectivity index (χ2n) is 9.33. The van der Waals surface area contributed by atoms with Crippen LogP contribution in [0, 0.1) is 11.8 Å². The van der Waals surface area contributed by atoms with Gasteiger partial charge in [0.1, 0.15) is 0 Å². The SMILES string of the molecule is CC(C)C1CCC(OC[C@H]2[C@@H](NS(C)(=O)=O)CCCN2C(=O)c2ccc(Cl)cc2)CC1. The van der Waals surface area contributed by atoms with Gasteiger partial charge in [-0.2, -0.15) is 0 Å². The number of sulfonamides is 1.